The lowest BCUT2D eigenvalue weighted by atomic mass is 10.1. The van der Waals surface area contributed by atoms with Gasteiger partial charge in [0.05, 0.1) is 11.1 Å². The zero-order valence-electron chi connectivity index (χ0n) is 13.2. The lowest BCUT2D eigenvalue weighted by Crippen LogP contribution is -2.37. The molecule has 0 spiro atoms. The van der Waals surface area contributed by atoms with E-state index in [-0.39, 0.29) is 22.8 Å². The summed E-state index contributed by atoms with van der Waals surface area (Å²) in [6, 6.07) is 13.0. The van der Waals surface area contributed by atoms with Crippen molar-refractivity contribution in [3.05, 3.63) is 63.9 Å². The largest absolute Gasteiger partial charge is 0.343 e. The Hall–Kier alpha value is -1.62. The molecule has 1 amide bonds. The van der Waals surface area contributed by atoms with E-state index in [2.05, 4.69) is 15.2 Å². The van der Waals surface area contributed by atoms with Crippen LogP contribution in [-0.2, 0) is 0 Å². The molecule has 1 aliphatic heterocycles. The molecule has 1 aliphatic rings. The molecule has 126 valence electrons. The highest BCUT2D eigenvalue weighted by Gasteiger charge is 2.22. The number of carbonyl (C=O) groups is 1. The number of rotatable bonds is 5. The van der Waals surface area contributed by atoms with Crippen LogP contribution in [0.4, 0.5) is 0 Å². The number of hydrogen-bond acceptors (Lipinski definition) is 3. The molecule has 1 aromatic heterocycles. The van der Waals surface area contributed by atoms with Crippen LogP contribution in [-0.4, -0.2) is 35.4 Å². The highest BCUT2D eigenvalue weighted by molar-refractivity contribution is 6.34. The molecule has 6 heteroatoms. The van der Waals surface area contributed by atoms with Crippen LogP contribution in [0.5, 0.6) is 0 Å². The van der Waals surface area contributed by atoms with Crippen LogP contribution in [0.1, 0.15) is 34.9 Å². The Bertz CT molecular complexity index is 703. The molecular formula is C18H19Cl2N3O. The van der Waals surface area contributed by atoms with E-state index in [0.717, 1.165) is 25.2 Å². The molecular weight excluding hydrogens is 345 g/mol. The van der Waals surface area contributed by atoms with Gasteiger partial charge >= 0.3 is 0 Å². The fourth-order valence-corrected chi connectivity index (χ4v) is 3.29. The Morgan fingerprint density at radius 1 is 1.12 bits per heavy atom. The fourth-order valence-electron chi connectivity index (χ4n) is 2.95. The lowest BCUT2D eigenvalue weighted by Gasteiger charge is -2.25. The van der Waals surface area contributed by atoms with Gasteiger partial charge < -0.3 is 10.2 Å². The molecule has 0 saturated carbocycles. The minimum atomic E-state index is -0.310. The molecule has 0 aliphatic carbocycles. The van der Waals surface area contributed by atoms with E-state index in [1.165, 1.54) is 12.8 Å². The molecule has 4 nitrogen and oxygen atoms in total. The van der Waals surface area contributed by atoms with Crippen molar-refractivity contribution in [2.75, 3.05) is 19.6 Å². The normalized spacial score (nSPS) is 16.1. The molecule has 1 unspecified atom stereocenters. The van der Waals surface area contributed by atoms with Crippen LogP contribution in [0.2, 0.25) is 10.2 Å². The molecule has 0 radical (unpaired) electrons. The summed E-state index contributed by atoms with van der Waals surface area (Å²) in [5.41, 5.74) is 1.22. The number of likely N-dealkylation sites (tertiary alicyclic amines) is 1. The SMILES string of the molecule is O=C(NC(CN1CCCC1)c1ccccc1)c1nc(Cl)ccc1Cl. The topological polar surface area (TPSA) is 45.2 Å². The van der Waals surface area contributed by atoms with Crippen LogP contribution in [0.25, 0.3) is 0 Å². The van der Waals surface area contributed by atoms with E-state index in [1.807, 2.05) is 30.3 Å². The van der Waals surface area contributed by atoms with Gasteiger partial charge in [-0.1, -0.05) is 53.5 Å². The van der Waals surface area contributed by atoms with Gasteiger partial charge in [0.1, 0.15) is 10.8 Å². The highest BCUT2D eigenvalue weighted by atomic mass is 35.5. The predicted octanol–water partition coefficient (Wildman–Crippen LogP) is 3.96. The van der Waals surface area contributed by atoms with E-state index in [4.69, 9.17) is 23.2 Å². The van der Waals surface area contributed by atoms with Crippen molar-refractivity contribution in [1.29, 1.82) is 0 Å². The first-order chi connectivity index (χ1) is 11.6. The summed E-state index contributed by atoms with van der Waals surface area (Å²) in [6.07, 6.45) is 2.41. The standard InChI is InChI=1S/C18H19Cl2N3O/c19-14-8-9-16(20)22-17(14)18(24)21-15(12-23-10-4-5-11-23)13-6-2-1-3-7-13/h1-3,6-9,15H,4-5,10-12H2,(H,21,24). The summed E-state index contributed by atoms with van der Waals surface area (Å²) < 4.78 is 0. The third-order valence-electron chi connectivity index (χ3n) is 4.17. The number of pyridine rings is 1. The van der Waals surface area contributed by atoms with Crippen molar-refractivity contribution in [2.24, 2.45) is 0 Å². The van der Waals surface area contributed by atoms with Crippen molar-refractivity contribution in [3.63, 3.8) is 0 Å². The third kappa shape index (κ3) is 4.26. The van der Waals surface area contributed by atoms with Gasteiger partial charge in [-0.05, 0) is 43.6 Å². The first-order valence-electron chi connectivity index (χ1n) is 8.03. The zero-order valence-corrected chi connectivity index (χ0v) is 14.7. The lowest BCUT2D eigenvalue weighted by molar-refractivity contribution is 0.0922. The van der Waals surface area contributed by atoms with Crippen LogP contribution in [0.15, 0.2) is 42.5 Å². The van der Waals surface area contributed by atoms with Crippen LogP contribution in [0.3, 0.4) is 0 Å². The Kier molecular flexibility index (Phi) is 5.72. The monoisotopic (exact) mass is 363 g/mol. The van der Waals surface area contributed by atoms with Gasteiger partial charge in [-0.25, -0.2) is 4.98 Å². The zero-order chi connectivity index (χ0) is 16.9. The maximum atomic E-state index is 12.6. The summed E-state index contributed by atoms with van der Waals surface area (Å²) in [5.74, 6) is -0.310. The van der Waals surface area contributed by atoms with Crippen molar-refractivity contribution in [2.45, 2.75) is 18.9 Å². The van der Waals surface area contributed by atoms with Gasteiger partial charge in [-0.3, -0.25) is 4.79 Å². The summed E-state index contributed by atoms with van der Waals surface area (Å²) in [4.78, 5) is 19.1. The number of nitrogens with zero attached hydrogens (tertiary/aromatic N) is 2. The average molecular weight is 364 g/mol. The molecule has 2 heterocycles. The van der Waals surface area contributed by atoms with Crippen molar-refractivity contribution in [3.8, 4) is 0 Å². The van der Waals surface area contributed by atoms with Gasteiger partial charge in [0, 0.05) is 6.54 Å². The summed E-state index contributed by atoms with van der Waals surface area (Å²) >= 11 is 12.0. The van der Waals surface area contributed by atoms with E-state index in [0.29, 0.717) is 5.02 Å². The molecule has 1 N–H and O–H groups in total. The van der Waals surface area contributed by atoms with Gasteiger partial charge in [-0.15, -0.1) is 0 Å². The number of aromatic nitrogens is 1. The quantitative estimate of drug-likeness (QED) is 0.817. The van der Waals surface area contributed by atoms with Gasteiger partial charge in [0.2, 0.25) is 0 Å². The molecule has 1 fully saturated rings. The Morgan fingerprint density at radius 3 is 2.54 bits per heavy atom. The van der Waals surface area contributed by atoms with Crippen LogP contribution < -0.4 is 5.32 Å². The first-order valence-corrected chi connectivity index (χ1v) is 8.79. The first kappa shape index (κ1) is 17.2. The van der Waals surface area contributed by atoms with Gasteiger partial charge in [-0.2, -0.15) is 0 Å². The molecule has 3 rings (SSSR count). The fraction of sp³-hybridized carbons (Fsp3) is 0.333. The third-order valence-corrected chi connectivity index (χ3v) is 4.69. The highest BCUT2D eigenvalue weighted by Crippen LogP contribution is 2.21. The maximum absolute atomic E-state index is 12.6. The number of amides is 1. The number of benzene rings is 1. The molecule has 0 bridgehead atoms. The second-order valence-electron chi connectivity index (χ2n) is 5.91. The van der Waals surface area contributed by atoms with Crippen molar-refractivity contribution in [1.82, 2.24) is 15.2 Å². The Morgan fingerprint density at radius 2 is 1.83 bits per heavy atom. The van der Waals surface area contributed by atoms with Crippen molar-refractivity contribution < 1.29 is 4.79 Å². The van der Waals surface area contributed by atoms with Crippen LogP contribution >= 0.6 is 23.2 Å². The van der Waals surface area contributed by atoms with Crippen LogP contribution in [0, 0.1) is 0 Å². The van der Waals surface area contributed by atoms with Gasteiger partial charge in [0.25, 0.3) is 5.91 Å². The number of hydrogen-bond donors (Lipinski definition) is 1. The number of carbonyl (C=O) groups excluding carboxylic acids is 1. The number of nitrogens with one attached hydrogen (secondary N) is 1. The maximum Gasteiger partial charge on any atom is 0.272 e. The second-order valence-corrected chi connectivity index (χ2v) is 6.70. The van der Waals surface area contributed by atoms with E-state index < -0.39 is 0 Å². The number of halogens is 2. The summed E-state index contributed by atoms with van der Waals surface area (Å²) in [6.45, 7) is 2.90. The Balaban J connectivity index is 1.80. The molecule has 1 atom stereocenters. The van der Waals surface area contributed by atoms with E-state index in [1.54, 1.807) is 12.1 Å². The summed E-state index contributed by atoms with van der Waals surface area (Å²) in [5, 5.41) is 3.60. The molecule has 2 aromatic rings. The minimum Gasteiger partial charge on any atom is -0.343 e. The smallest absolute Gasteiger partial charge is 0.272 e. The van der Waals surface area contributed by atoms with E-state index in [9.17, 15) is 4.79 Å². The molecule has 1 aromatic carbocycles. The second kappa shape index (κ2) is 7.97. The molecule has 1 saturated heterocycles. The van der Waals surface area contributed by atoms with Gasteiger partial charge in [0.15, 0.2) is 0 Å². The summed E-state index contributed by atoms with van der Waals surface area (Å²) in [7, 11) is 0. The Labute approximate surface area is 151 Å². The predicted molar refractivity (Wildman–Crippen MR) is 96.6 cm³/mol. The van der Waals surface area contributed by atoms with Crippen molar-refractivity contribution >= 4 is 29.1 Å². The van der Waals surface area contributed by atoms with E-state index >= 15 is 0 Å². The molecule has 24 heavy (non-hydrogen) atoms. The minimum absolute atomic E-state index is 0.117. The average Bonchev–Trinajstić information content (AvgIpc) is 3.10.